The van der Waals surface area contributed by atoms with E-state index in [-0.39, 0.29) is 12.5 Å². The molecule has 0 radical (unpaired) electrons. The van der Waals surface area contributed by atoms with Crippen molar-refractivity contribution in [1.82, 2.24) is 5.32 Å². The number of carboxylic acid groups (broad SMARTS) is 1. The first kappa shape index (κ1) is 15.0. The van der Waals surface area contributed by atoms with Crippen molar-refractivity contribution in [2.24, 2.45) is 5.92 Å². The summed E-state index contributed by atoms with van der Waals surface area (Å²) in [6, 6.07) is 7.40. The fourth-order valence-corrected chi connectivity index (χ4v) is 1.74. The van der Waals surface area contributed by atoms with Crippen molar-refractivity contribution >= 4 is 17.6 Å². The summed E-state index contributed by atoms with van der Waals surface area (Å²) < 4.78 is 0. The molecule has 5 nitrogen and oxygen atoms in total. The zero-order chi connectivity index (χ0) is 14.3. The van der Waals surface area contributed by atoms with E-state index in [1.165, 1.54) is 0 Å². The van der Waals surface area contributed by atoms with E-state index >= 15 is 0 Å². The topological polar surface area (TPSA) is 92.4 Å². The molecule has 0 aliphatic rings. The molecule has 0 saturated carbocycles. The first-order valence-corrected chi connectivity index (χ1v) is 6.37. The van der Waals surface area contributed by atoms with Crippen molar-refractivity contribution in [1.29, 1.82) is 0 Å². The summed E-state index contributed by atoms with van der Waals surface area (Å²) in [6.07, 6.45) is 1.37. The lowest BCUT2D eigenvalue weighted by Crippen LogP contribution is -2.32. The van der Waals surface area contributed by atoms with E-state index in [1.54, 1.807) is 13.0 Å². The van der Waals surface area contributed by atoms with Gasteiger partial charge in [-0.3, -0.25) is 9.59 Å². The number of para-hydroxylation sites is 1. The van der Waals surface area contributed by atoms with Crippen LogP contribution in [0.3, 0.4) is 0 Å². The standard InChI is InChI=1S/C14H20N2O3/c1-2-10(14(18)19)9-16-13(17)8-7-11-5-3-4-6-12(11)15/h3-6,10H,2,7-9,15H2,1H3,(H,16,17)(H,18,19). The van der Waals surface area contributed by atoms with Gasteiger partial charge in [0.15, 0.2) is 0 Å². The van der Waals surface area contributed by atoms with Crippen LogP contribution < -0.4 is 11.1 Å². The number of nitrogens with one attached hydrogen (secondary N) is 1. The van der Waals surface area contributed by atoms with E-state index in [2.05, 4.69) is 5.32 Å². The summed E-state index contributed by atoms with van der Waals surface area (Å²) in [5.41, 5.74) is 7.39. The largest absolute Gasteiger partial charge is 0.481 e. The predicted octanol–water partition coefficient (Wildman–Crippen LogP) is 1.43. The third-order valence-corrected chi connectivity index (χ3v) is 3.06. The van der Waals surface area contributed by atoms with Crippen molar-refractivity contribution in [3.8, 4) is 0 Å². The first-order valence-electron chi connectivity index (χ1n) is 6.37. The SMILES string of the molecule is CCC(CNC(=O)CCc1ccccc1N)C(=O)O. The molecular weight excluding hydrogens is 244 g/mol. The van der Waals surface area contributed by atoms with Crippen LogP contribution >= 0.6 is 0 Å². The molecule has 1 aromatic rings. The van der Waals surface area contributed by atoms with Gasteiger partial charge >= 0.3 is 5.97 Å². The first-order chi connectivity index (χ1) is 9.04. The molecule has 1 amide bonds. The second-order valence-corrected chi connectivity index (χ2v) is 4.45. The molecular formula is C14H20N2O3. The van der Waals surface area contributed by atoms with Gasteiger partial charge in [0.1, 0.15) is 0 Å². The van der Waals surface area contributed by atoms with Crippen LogP contribution in [0.5, 0.6) is 0 Å². The Hall–Kier alpha value is -2.04. The van der Waals surface area contributed by atoms with E-state index in [0.717, 1.165) is 5.56 Å². The molecule has 0 aliphatic carbocycles. The molecule has 1 aromatic carbocycles. The maximum atomic E-state index is 11.6. The molecule has 4 N–H and O–H groups in total. The van der Waals surface area contributed by atoms with Gasteiger partial charge in [-0.15, -0.1) is 0 Å². The van der Waals surface area contributed by atoms with Crippen LogP contribution in [-0.4, -0.2) is 23.5 Å². The van der Waals surface area contributed by atoms with Crippen LogP contribution in [0.15, 0.2) is 24.3 Å². The summed E-state index contributed by atoms with van der Waals surface area (Å²) >= 11 is 0. The van der Waals surface area contributed by atoms with Crippen LogP contribution in [0.4, 0.5) is 5.69 Å². The second-order valence-electron chi connectivity index (χ2n) is 4.45. The van der Waals surface area contributed by atoms with Gasteiger partial charge in [-0.25, -0.2) is 0 Å². The number of anilines is 1. The molecule has 0 heterocycles. The molecule has 5 heteroatoms. The number of carbonyl (C=O) groups is 2. The van der Waals surface area contributed by atoms with E-state index < -0.39 is 11.9 Å². The number of amides is 1. The minimum absolute atomic E-state index is 0.150. The normalized spacial score (nSPS) is 11.8. The highest BCUT2D eigenvalue weighted by molar-refractivity contribution is 5.77. The summed E-state index contributed by atoms with van der Waals surface area (Å²) in [5, 5.41) is 11.5. The van der Waals surface area contributed by atoms with Crippen molar-refractivity contribution in [3.05, 3.63) is 29.8 Å². The zero-order valence-electron chi connectivity index (χ0n) is 11.1. The quantitative estimate of drug-likeness (QED) is 0.649. The maximum absolute atomic E-state index is 11.6. The molecule has 0 spiro atoms. The van der Waals surface area contributed by atoms with Crippen LogP contribution in [0, 0.1) is 5.92 Å². The van der Waals surface area contributed by atoms with Gasteiger partial charge < -0.3 is 16.2 Å². The van der Waals surface area contributed by atoms with E-state index in [9.17, 15) is 9.59 Å². The summed E-state index contributed by atoms with van der Waals surface area (Å²) in [7, 11) is 0. The molecule has 0 aliphatic heterocycles. The Morgan fingerprint density at radius 2 is 2.05 bits per heavy atom. The lowest BCUT2D eigenvalue weighted by Gasteiger charge is -2.11. The number of carbonyl (C=O) groups excluding carboxylic acids is 1. The average Bonchev–Trinajstić information content (AvgIpc) is 2.38. The van der Waals surface area contributed by atoms with Crippen LogP contribution in [0.2, 0.25) is 0 Å². The lowest BCUT2D eigenvalue weighted by atomic mass is 10.1. The monoisotopic (exact) mass is 264 g/mol. The van der Waals surface area contributed by atoms with Crippen molar-refractivity contribution in [2.75, 3.05) is 12.3 Å². The Balaban J connectivity index is 2.36. The van der Waals surface area contributed by atoms with Crippen LogP contribution in [-0.2, 0) is 16.0 Å². The number of hydrogen-bond acceptors (Lipinski definition) is 3. The van der Waals surface area contributed by atoms with Gasteiger partial charge in [-0.1, -0.05) is 25.1 Å². The number of carboxylic acids is 1. The highest BCUT2D eigenvalue weighted by Gasteiger charge is 2.15. The highest BCUT2D eigenvalue weighted by Crippen LogP contribution is 2.12. The molecule has 1 unspecified atom stereocenters. The van der Waals surface area contributed by atoms with Crippen LogP contribution in [0.25, 0.3) is 0 Å². The molecule has 1 atom stereocenters. The van der Waals surface area contributed by atoms with Gasteiger partial charge in [0.2, 0.25) is 5.91 Å². The Kier molecular flexibility index (Phi) is 5.85. The van der Waals surface area contributed by atoms with Gasteiger partial charge in [0.25, 0.3) is 0 Å². The fourth-order valence-electron chi connectivity index (χ4n) is 1.74. The molecule has 1 rings (SSSR count). The Bertz CT molecular complexity index is 446. The van der Waals surface area contributed by atoms with Gasteiger partial charge in [-0.2, -0.15) is 0 Å². The predicted molar refractivity (Wildman–Crippen MR) is 73.6 cm³/mol. The molecule has 0 fully saturated rings. The third-order valence-electron chi connectivity index (χ3n) is 3.06. The Morgan fingerprint density at radius 1 is 1.37 bits per heavy atom. The third kappa shape index (κ3) is 4.99. The summed E-state index contributed by atoms with van der Waals surface area (Å²) in [4.78, 5) is 22.4. The van der Waals surface area contributed by atoms with E-state index in [1.807, 2.05) is 18.2 Å². The number of nitrogen functional groups attached to an aromatic ring is 1. The Labute approximate surface area is 112 Å². The maximum Gasteiger partial charge on any atom is 0.308 e. The fraction of sp³-hybridized carbons (Fsp3) is 0.429. The number of aryl methyl sites for hydroxylation is 1. The number of aliphatic carboxylic acids is 1. The molecule has 0 saturated heterocycles. The van der Waals surface area contributed by atoms with E-state index in [0.29, 0.717) is 24.9 Å². The lowest BCUT2D eigenvalue weighted by molar-refractivity contribution is -0.141. The highest BCUT2D eigenvalue weighted by atomic mass is 16.4. The summed E-state index contributed by atoms with van der Waals surface area (Å²) in [5.74, 6) is -1.55. The minimum Gasteiger partial charge on any atom is -0.481 e. The van der Waals surface area contributed by atoms with Gasteiger partial charge in [-0.05, 0) is 24.5 Å². The minimum atomic E-state index is -0.880. The molecule has 19 heavy (non-hydrogen) atoms. The zero-order valence-corrected chi connectivity index (χ0v) is 11.1. The summed E-state index contributed by atoms with van der Waals surface area (Å²) in [6.45, 7) is 1.96. The number of hydrogen-bond donors (Lipinski definition) is 3. The smallest absolute Gasteiger partial charge is 0.308 e. The number of rotatable bonds is 7. The number of benzene rings is 1. The van der Waals surface area contributed by atoms with Crippen molar-refractivity contribution < 1.29 is 14.7 Å². The number of nitrogens with two attached hydrogens (primary N) is 1. The van der Waals surface area contributed by atoms with Crippen LogP contribution in [0.1, 0.15) is 25.3 Å². The second kappa shape index (κ2) is 7.41. The van der Waals surface area contributed by atoms with Crippen molar-refractivity contribution in [3.63, 3.8) is 0 Å². The van der Waals surface area contributed by atoms with E-state index in [4.69, 9.17) is 10.8 Å². The molecule has 104 valence electrons. The van der Waals surface area contributed by atoms with Gasteiger partial charge in [0.05, 0.1) is 5.92 Å². The van der Waals surface area contributed by atoms with Crippen molar-refractivity contribution in [2.45, 2.75) is 26.2 Å². The molecule has 0 aromatic heterocycles. The Morgan fingerprint density at radius 3 is 2.63 bits per heavy atom. The average molecular weight is 264 g/mol. The molecule has 0 bridgehead atoms. The van der Waals surface area contributed by atoms with Gasteiger partial charge in [0, 0.05) is 18.7 Å².